The van der Waals surface area contributed by atoms with Crippen LogP contribution in [-0.4, -0.2) is 25.0 Å². The topological polar surface area (TPSA) is 55.6 Å². The Labute approximate surface area is 125 Å². The first-order valence-corrected chi connectivity index (χ1v) is 6.80. The third kappa shape index (κ3) is 3.99. The number of carbonyl (C=O) groups excluding carboxylic acids is 1. The van der Waals surface area contributed by atoms with Crippen LogP contribution in [-0.2, 0) is 17.8 Å². The summed E-state index contributed by atoms with van der Waals surface area (Å²) in [4.78, 5) is 14.0. The van der Waals surface area contributed by atoms with Gasteiger partial charge >= 0.3 is 0 Å². The second-order valence-electron chi connectivity index (χ2n) is 4.98. The molecule has 0 spiro atoms. The van der Waals surface area contributed by atoms with E-state index in [0.717, 1.165) is 16.9 Å². The predicted molar refractivity (Wildman–Crippen MR) is 84.0 cm³/mol. The minimum absolute atomic E-state index is 0.0434. The first-order valence-electron chi connectivity index (χ1n) is 6.80. The molecule has 2 aromatic rings. The summed E-state index contributed by atoms with van der Waals surface area (Å²) in [6, 6.07) is 15.1. The highest BCUT2D eigenvalue weighted by atomic mass is 16.5. The maximum Gasteiger partial charge on any atom is 0.227 e. The summed E-state index contributed by atoms with van der Waals surface area (Å²) in [7, 11) is 3.40. The van der Waals surface area contributed by atoms with E-state index in [-0.39, 0.29) is 5.91 Å². The molecule has 4 nitrogen and oxygen atoms in total. The van der Waals surface area contributed by atoms with Gasteiger partial charge in [-0.1, -0.05) is 30.3 Å². The van der Waals surface area contributed by atoms with Crippen molar-refractivity contribution in [3.8, 4) is 5.75 Å². The zero-order valence-corrected chi connectivity index (χ0v) is 12.4. The molecule has 0 bridgehead atoms. The third-order valence-corrected chi connectivity index (χ3v) is 3.33. The molecule has 0 aliphatic rings. The second-order valence-corrected chi connectivity index (χ2v) is 4.98. The number of benzene rings is 2. The molecule has 1 amide bonds. The van der Waals surface area contributed by atoms with Gasteiger partial charge in [-0.05, 0) is 23.8 Å². The molecule has 110 valence electrons. The molecule has 0 saturated heterocycles. The summed E-state index contributed by atoms with van der Waals surface area (Å²) in [5, 5.41) is 0. The average molecular weight is 284 g/mol. The highest BCUT2D eigenvalue weighted by Gasteiger charge is 2.13. The maximum atomic E-state index is 12.3. The quantitative estimate of drug-likeness (QED) is 0.858. The molecule has 0 unspecified atom stereocenters. The lowest BCUT2D eigenvalue weighted by Crippen LogP contribution is -2.27. The van der Waals surface area contributed by atoms with E-state index in [1.807, 2.05) is 48.5 Å². The lowest BCUT2D eigenvalue weighted by molar-refractivity contribution is -0.129. The Hall–Kier alpha value is -2.49. The van der Waals surface area contributed by atoms with Crippen LogP contribution in [0.25, 0.3) is 0 Å². The maximum absolute atomic E-state index is 12.3. The van der Waals surface area contributed by atoms with Crippen molar-refractivity contribution in [2.24, 2.45) is 0 Å². The summed E-state index contributed by atoms with van der Waals surface area (Å²) in [6.45, 7) is 0.541. The Morgan fingerprint density at radius 2 is 1.95 bits per heavy atom. The van der Waals surface area contributed by atoms with Crippen molar-refractivity contribution in [3.63, 3.8) is 0 Å². The smallest absolute Gasteiger partial charge is 0.227 e. The summed E-state index contributed by atoms with van der Waals surface area (Å²) < 4.78 is 5.27. The minimum Gasteiger partial charge on any atom is -0.496 e. The van der Waals surface area contributed by atoms with Gasteiger partial charge in [-0.2, -0.15) is 0 Å². The highest BCUT2D eigenvalue weighted by molar-refractivity contribution is 5.79. The summed E-state index contributed by atoms with van der Waals surface area (Å²) >= 11 is 0. The molecule has 2 rings (SSSR count). The molecule has 0 aromatic heterocycles. The lowest BCUT2D eigenvalue weighted by atomic mass is 10.1. The van der Waals surface area contributed by atoms with E-state index in [1.165, 1.54) is 0 Å². The fourth-order valence-corrected chi connectivity index (χ4v) is 2.20. The molecule has 0 atom stereocenters. The molecular weight excluding hydrogens is 264 g/mol. The van der Waals surface area contributed by atoms with Crippen molar-refractivity contribution in [1.82, 2.24) is 4.90 Å². The van der Waals surface area contributed by atoms with Crippen LogP contribution in [0.15, 0.2) is 48.5 Å². The van der Waals surface area contributed by atoms with Crippen LogP contribution in [0.2, 0.25) is 0 Å². The van der Waals surface area contributed by atoms with Gasteiger partial charge in [0.1, 0.15) is 5.75 Å². The van der Waals surface area contributed by atoms with Gasteiger partial charge in [0.15, 0.2) is 0 Å². The van der Waals surface area contributed by atoms with Crippen molar-refractivity contribution in [1.29, 1.82) is 0 Å². The van der Waals surface area contributed by atoms with E-state index >= 15 is 0 Å². The Morgan fingerprint density at radius 3 is 2.67 bits per heavy atom. The highest BCUT2D eigenvalue weighted by Crippen LogP contribution is 2.19. The standard InChI is InChI=1S/C17H20N2O2/c1-19(12-13-6-5-8-15(18)10-13)17(20)11-14-7-3-4-9-16(14)21-2/h3-10H,11-12,18H2,1-2H3. The van der Waals surface area contributed by atoms with Gasteiger partial charge in [-0.15, -0.1) is 0 Å². The summed E-state index contributed by atoms with van der Waals surface area (Å²) in [5.74, 6) is 0.783. The summed E-state index contributed by atoms with van der Waals surface area (Å²) in [5.41, 5.74) is 8.37. The van der Waals surface area contributed by atoms with E-state index in [1.54, 1.807) is 19.1 Å². The van der Waals surface area contributed by atoms with Gasteiger partial charge in [-0.3, -0.25) is 4.79 Å². The molecule has 0 heterocycles. The first kappa shape index (κ1) is 14.9. The molecule has 4 heteroatoms. The molecule has 0 aliphatic heterocycles. The number of nitrogens with zero attached hydrogens (tertiary/aromatic N) is 1. The number of para-hydroxylation sites is 1. The molecule has 21 heavy (non-hydrogen) atoms. The molecule has 0 saturated carbocycles. The van der Waals surface area contributed by atoms with Gasteiger partial charge in [-0.25, -0.2) is 0 Å². The van der Waals surface area contributed by atoms with Gasteiger partial charge in [0.25, 0.3) is 0 Å². The van der Waals surface area contributed by atoms with E-state index in [9.17, 15) is 4.79 Å². The predicted octanol–water partition coefficient (Wildman–Crippen LogP) is 2.48. The Bertz CT molecular complexity index is 626. The van der Waals surface area contributed by atoms with E-state index < -0.39 is 0 Å². The van der Waals surface area contributed by atoms with Gasteiger partial charge in [0.05, 0.1) is 13.5 Å². The molecule has 0 aliphatic carbocycles. The molecule has 2 aromatic carbocycles. The van der Waals surface area contributed by atoms with E-state index in [0.29, 0.717) is 18.7 Å². The second kappa shape index (κ2) is 6.79. The number of methoxy groups -OCH3 is 1. The zero-order chi connectivity index (χ0) is 15.2. The fraction of sp³-hybridized carbons (Fsp3) is 0.235. The van der Waals surface area contributed by atoms with Crippen molar-refractivity contribution in [3.05, 3.63) is 59.7 Å². The number of ether oxygens (including phenoxy) is 1. The lowest BCUT2D eigenvalue weighted by Gasteiger charge is -2.18. The SMILES string of the molecule is COc1ccccc1CC(=O)N(C)Cc1cccc(N)c1. The number of hydrogen-bond acceptors (Lipinski definition) is 3. The molecule has 0 radical (unpaired) electrons. The minimum atomic E-state index is 0.0434. The Kier molecular flexibility index (Phi) is 4.82. The number of hydrogen-bond donors (Lipinski definition) is 1. The van der Waals surface area contributed by atoms with Gasteiger partial charge in [0, 0.05) is 24.8 Å². The summed E-state index contributed by atoms with van der Waals surface area (Å²) in [6.07, 6.45) is 0.322. The van der Waals surface area contributed by atoms with Crippen LogP contribution in [0, 0.1) is 0 Å². The van der Waals surface area contributed by atoms with Crippen molar-refractivity contribution in [2.45, 2.75) is 13.0 Å². The fourth-order valence-electron chi connectivity index (χ4n) is 2.20. The Balaban J connectivity index is 2.02. The Morgan fingerprint density at radius 1 is 1.19 bits per heavy atom. The first-order chi connectivity index (χ1) is 10.1. The van der Waals surface area contributed by atoms with Crippen LogP contribution in [0.1, 0.15) is 11.1 Å². The molecule has 2 N–H and O–H groups in total. The number of nitrogens with two attached hydrogens (primary N) is 1. The van der Waals surface area contributed by atoms with Crippen LogP contribution >= 0.6 is 0 Å². The van der Waals surface area contributed by atoms with Crippen molar-refractivity contribution >= 4 is 11.6 Å². The van der Waals surface area contributed by atoms with Crippen LogP contribution in [0.3, 0.4) is 0 Å². The van der Waals surface area contributed by atoms with Crippen LogP contribution < -0.4 is 10.5 Å². The van der Waals surface area contributed by atoms with E-state index in [2.05, 4.69) is 0 Å². The molecular formula is C17H20N2O2. The number of likely N-dealkylation sites (N-methyl/N-ethyl adjacent to an activating group) is 1. The zero-order valence-electron chi connectivity index (χ0n) is 12.4. The number of rotatable bonds is 5. The largest absolute Gasteiger partial charge is 0.496 e. The van der Waals surface area contributed by atoms with Gasteiger partial charge in [0.2, 0.25) is 5.91 Å². The average Bonchev–Trinajstić information content (AvgIpc) is 2.47. The van der Waals surface area contributed by atoms with Crippen LogP contribution in [0.4, 0.5) is 5.69 Å². The number of amides is 1. The normalized spacial score (nSPS) is 10.2. The monoisotopic (exact) mass is 284 g/mol. The number of carbonyl (C=O) groups is 1. The van der Waals surface area contributed by atoms with E-state index in [4.69, 9.17) is 10.5 Å². The number of nitrogen functional groups attached to an aromatic ring is 1. The third-order valence-electron chi connectivity index (χ3n) is 3.33. The van der Waals surface area contributed by atoms with Crippen LogP contribution in [0.5, 0.6) is 5.75 Å². The van der Waals surface area contributed by atoms with Gasteiger partial charge < -0.3 is 15.4 Å². The van der Waals surface area contributed by atoms with Crippen molar-refractivity contribution < 1.29 is 9.53 Å². The molecule has 0 fully saturated rings. The number of anilines is 1. The van der Waals surface area contributed by atoms with Crippen molar-refractivity contribution in [2.75, 3.05) is 19.9 Å².